The molecule has 88 valence electrons. The molecule has 1 aliphatic carbocycles. The highest BCUT2D eigenvalue weighted by molar-refractivity contribution is 7.80. The summed E-state index contributed by atoms with van der Waals surface area (Å²) >= 11 is 4.07. The zero-order valence-corrected chi connectivity index (χ0v) is 10.3. The molecule has 0 N–H and O–H groups in total. The summed E-state index contributed by atoms with van der Waals surface area (Å²) in [5.74, 6) is 1.73. The molecule has 0 atom stereocenters. The van der Waals surface area contributed by atoms with E-state index >= 15 is 0 Å². The number of benzene rings is 1. The summed E-state index contributed by atoms with van der Waals surface area (Å²) in [5, 5.41) is 0. The van der Waals surface area contributed by atoms with Crippen molar-refractivity contribution in [3.63, 3.8) is 0 Å². The molecule has 0 radical (unpaired) electrons. The first-order valence-electron chi connectivity index (χ1n) is 5.83. The number of rotatable bonds is 6. The standard InChI is InChI=1S/C13H18O2S/c16-9-8-14-6-7-15-13-5-4-11-2-1-3-12(11)10-13/h4-5,10,16H,1-3,6-9H2. The van der Waals surface area contributed by atoms with Crippen LogP contribution < -0.4 is 4.74 Å². The van der Waals surface area contributed by atoms with E-state index in [-0.39, 0.29) is 0 Å². The zero-order valence-electron chi connectivity index (χ0n) is 9.45. The number of hydrogen-bond acceptors (Lipinski definition) is 3. The molecule has 0 amide bonds. The van der Waals surface area contributed by atoms with Crippen LogP contribution in [0.1, 0.15) is 17.5 Å². The van der Waals surface area contributed by atoms with E-state index in [2.05, 4.69) is 30.8 Å². The van der Waals surface area contributed by atoms with Crippen LogP contribution in [0.25, 0.3) is 0 Å². The third kappa shape index (κ3) is 3.16. The van der Waals surface area contributed by atoms with Gasteiger partial charge in [0.2, 0.25) is 0 Å². The minimum atomic E-state index is 0.618. The Morgan fingerprint density at radius 3 is 2.81 bits per heavy atom. The SMILES string of the molecule is SCCOCCOc1ccc2c(c1)CCC2. The van der Waals surface area contributed by atoms with Crippen molar-refractivity contribution in [2.24, 2.45) is 0 Å². The first kappa shape index (κ1) is 11.8. The van der Waals surface area contributed by atoms with Crippen molar-refractivity contribution in [1.82, 2.24) is 0 Å². The topological polar surface area (TPSA) is 18.5 Å². The van der Waals surface area contributed by atoms with Crippen LogP contribution in [0, 0.1) is 0 Å². The van der Waals surface area contributed by atoms with E-state index in [1.54, 1.807) is 0 Å². The monoisotopic (exact) mass is 238 g/mol. The second-order valence-corrected chi connectivity index (χ2v) is 4.42. The Morgan fingerprint density at radius 2 is 1.94 bits per heavy atom. The third-order valence-corrected chi connectivity index (χ3v) is 2.98. The molecule has 0 saturated carbocycles. The van der Waals surface area contributed by atoms with Crippen LogP contribution in [0.4, 0.5) is 0 Å². The lowest BCUT2D eigenvalue weighted by Crippen LogP contribution is -2.08. The number of aryl methyl sites for hydroxylation is 2. The van der Waals surface area contributed by atoms with Crippen LogP contribution in [0.2, 0.25) is 0 Å². The second kappa shape index (κ2) is 6.16. The van der Waals surface area contributed by atoms with Gasteiger partial charge in [-0.15, -0.1) is 0 Å². The summed E-state index contributed by atoms with van der Waals surface area (Å²) in [5.41, 5.74) is 2.94. The lowest BCUT2D eigenvalue weighted by Gasteiger charge is -2.08. The minimum Gasteiger partial charge on any atom is -0.491 e. The van der Waals surface area contributed by atoms with E-state index in [4.69, 9.17) is 9.47 Å². The Bertz CT molecular complexity index is 339. The average molecular weight is 238 g/mol. The van der Waals surface area contributed by atoms with Crippen LogP contribution in [0.15, 0.2) is 18.2 Å². The molecule has 0 aliphatic heterocycles. The molecule has 0 spiro atoms. The van der Waals surface area contributed by atoms with E-state index < -0.39 is 0 Å². The van der Waals surface area contributed by atoms with Crippen molar-refractivity contribution in [3.05, 3.63) is 29.3 Å². The Labute approximate surface area is 102 Å². The molecule has 0 bridgehead atoms. The molecule has 3 heteroatoms. The normalized spacial score (nSPS) is 13.8. The summed E-state index contributed by atoms with van der Waals surface area (Å²) in [6.45, 7) is 1.95. The van der Waals surface area contributed by atoms with Gasteiger partial charge in [0.05, 0.1) is 13.2 Å². The van der Waals surface area contributed by atoms with E-state index in [9.17, 15) is 0 Å². The molecule has 1 aromatic carbocycles. The predicted octanol–water partition coefficient (Wildman–Crippen LogP) is 2.50. The molecule has 1 aromatic rings. The van der Waals surface area contributed by atoms with Gasteiger partial charge in [-0.3, -0.25) is 0 Å². The smallest absolute Gasteiger partial charge is 0.119 e. The number of fused-ring (bicyclic) bond motifs is 1. The van der Waals surface area contributed by atoms with E-state index in [1.807, 2.05) is 0 Å². The summed E-state index contributed by atoms with van der Waals surface area (Å²) in [6, 6.07) is 6.41. The van der Waals surface area contributed by atoms with Gasteiger partial charge in [0.15, 0.2) is 0 Å². The van der Waals surface area contributed by atoms with E-state index in [0.717, 1.165) is 11.5 Å². The van der Waals surface area contributed by atoms with Crippen LogP contribution in [0.3, 0.4) is 0 Å². The lowest BCUT2D eigenvalue weighted by molar-refractivity contribution is 0.112. The minimum absolute atomic E-state index is 0.618. The Balaban J connectivity index is 1.77. The van der Waals surface area contributed by atoms with Gasteiger partial charge in [-0.05, 0) is 42.5 Å². The predicted molar refractivity (Wildman–Crippen MR) is 68.6 cm³/mol. The highest BCUT2D eigenvalue weighted by Crippen LogP contribution is 2.25. The molecule has 0 fully saturated rings. The van der Waals surface area contributed by atoms with Crippen molar-refractivity contribution >= 4 is 12.6 Å². The number of ether oxygens (including phenoxy) is 2. The fourth-order valence-electron chi connectivity index (χ4n) is 2.02. The van der Waals surface area contributed by atoms with Gasteiger partial charge in [0, 0.05) is 5.75 Å². The van der Waals surface area contributed by atoms with E-state index in [0.29, 0.717) is 19.8 Å². The maximum Gasteiger partial charge on any atom is 0.119 e. The molecule has 16 heavy (non-hydrogen) atoms. The van der Waals surface area contributed by atoms with Gasteiger partial charge < -0.3 is 9.47 Å². The van der Waals surface area contributed by atoms with Gasteiger partial charge in [-0.2, -0.15) is 12.6 Å². The summed E-state index contributed by atoms with van der Waals surface area (Å²) in [4.78, 5) is 0. The molecule has 0 unspecified atom stereocenters. The largest absolute Gasteiger partial charge is 0.491 e. The van der Waals surface area contributed by atoms with Gasteiger partial charge in [-0.1, -0.05) is 6.07 Å². The van der Waals surface area contributed by atoms with Gasteiger partial charge >= 0.3 is 0 Å². The third-order valence-electron chi connectivity index (χ3n) is 2.80. The van der Waals surface area contributed by atoms with Crippen molar-refractivity contribution in [3.8, 4) is 5.75 Å². The molecule has 0 saturated heterocycles. The number of hydrogen-bond donors (Lipinski definition) is 1. The van der Waals surface area contributed by atoms with Crippen molar-refractivity contribution in [2.45, 2.75) is 19.3 Å². The second-order valence-electron chi connectivity index (χ2n) is 3.97. The molecule has 1 aliphatic rings. The molecular weight excluding hydrogens is 220 g/mol. The molecule has 0 heterocycles. The molecule has 2 nitrogen and oxygen atoms in total. The van der Waals surface area contributed by atoms with E-state index in [1.165, 1.54) is 30.4 Å². The lowest BCUT2D eigenvalue weighted by atomic mass is 10.1. The maximum absolute atomic E-state index is 5.63. The first-order chi connectivity index (χ1) is 7.90. The quantitative estimate of drug-likeness (QED) is 0.606. The Hall–Kier alpha value is -0.670. The average Bonchev–Trinajstić information content (AvgIpc) is 2.76. The molecule has 0 aromatic heterocycles. The Morgan fingerprint density at radius 1 is 1.06 bits per heavy atom. The summed E-state index contributed by atoms with van der Waals surface area (Å²) in [7, 11) is 0. The van der Waals surface area contributed by atoms with Crippen LogP contribution in [-0.2, 0) is 17.6 Å². The highest BCUT2D eigenvalue weighted by Gasteiger charge is 2.10. The fraction of sp³-hybridized carbons (Fsp3) is 0.538. The summed E-state index contributed by atoms with van der Waals surface area (Å²) in [6.07, 6.45) is 3.70. The Kier molecular flexibility index (Phi) is 4.55. The highest BCUT2D eigenvalue weighted by atomic mass is 32.1. The zero-order chi connectivity index (χ0) is 11.2. The fourth-order valence-corrected chi connectivity index (χ4v) is 2.15. The molecule has 2 rings (SSSR count). The number of thiol groups is 1. The van der Waals surface area contributed by atoms with Gasteiger partial charge in [0.1, 0.15) is 12.4 Å². The summed E-state index contributed by atoms with van der Waals surface area (Å²) < 4.78 is 10.9. The van der Waals surface area contributed by atoms with Crippen LogP contribution in [-0.4, -0.2) is 25.6 Å². The van der Waals surface area contributed by atoms with Crippen LogP contribution >= 0.6 is 12.6 Å². The van der Waals surface area contributed by atoms with Crippen molar-refractivity contribution in [2.75, 3.05) is 25.6 Å². The van der Waals surface area contributed by atoms with Gasteiger partial charge in [0.25, 0.3) is 0 Å². The van der Waals surface area contributed by atoms with Gasteiger partial charge in [-0.25, -0.2) is 0 Å². The van der Waals surface area contributed by atoms with Crippen molar-refractivity contribution < 1.29 is 9.47 Å². The van der Waals surface area contributed by atoms with Crippen LogP contribution in [0.5, 0.6) is 5.75 Å². The maximum atomic E-state index is 5.63. The van der Waals surface area contributed by atoms with Crippen molar-refractivity contribution in [1.29, 1.82) is 0 Å². The molecular formula is C13H18O2S. The first-order valence-corrected chi connectivity index (χ1v) is 6.46.